The van der Waals surface area contributed by atoms with E-state index in [4.69, 9.17) is 16.3 Å². The fourth-order valence-electron chi connectivity index (χ4n) is 4.09. The molecule has 0 radical (unpaired) electrons. The van der Waals surface area contributed by atoms with E-state index >= 15 is 0 Å². The van der Waals surface area contributed by atoms with Gasteiger partial charge in [-0.25, -0.2) is 0 Å². The van der Waals surface area contributed by atoms with E-state index in [-0.39, 0.29) is 12.0 Å². The molecule has 1 heterocycles. The maximum Gasteiger partial charge on any atom is 0.417 e. The van der Waals surface area contributed by atoms with Gasteiger partial charge in [0, 0.05) is 23.2 Å². The van der Waals surface area contributed by atoms with Crippen molar-refractivity contribution in [2.75, 3.05) is 0 Å². The molecule has 0 N–H and O–H groups in total. The SMILES string of the molecule is Cc1cccc(C(Cc2ccc(Cl)cc2)C(C)N2C=C(C(F)(F)F)C=CC2OC(C)(C)C)c1. The second kappa shape index (κ2) is 9.94. The van der Waals surface area contributed by atoms with Crippen molar-refractivity contribution in [1.82, 2.24) is 4.90 Å². The molecule has 178 valence electrons. The zero-order valence-electron chi connectivity index (χ0n) is 19.7. The first-order valence-electron chi connectivity index (χ1n) is 11.1. The molecule has 3 rings (SSSR count). The topological polar surface area (TPSA) is 12.5 Å². The summed E-state index contributed by atoms with van der Waals surface area (Å²) in [6.07, 6.45) is -0.578. The number of allylic oxidation sites excluding steroid dienone is 2. The highest BCUT2D eigenvalue weighted by Gasteiger charge is 2.38. The molecule has 2 aromatic carbocycles. The second-order valence-electron chi connectivity index (χ2n) is 9.60. The second-order valence-corrected chi connectivity index (χ2v) is 10.0. The lowest BCUT2D eigenvalue weighted by Gasteiger charge is -2.43. The Balaban J connectivity index is 2.03. The van der Waals surface area contributed by atoms with Crippen LogP contribution in [-0.2, 0) is 11.2 Å². The van der Waals surface area contributed by atoms with Crippen LogP contribution < -0.4 is 0 Å². The summed E-state index contributed by atoms with van der Waals surface area (Å²) >= 11 is 6.06. The Kier molecular flexibility index (Phi) is 7.65. The summed E-state index contributed by atoms with van der Waals surface area (Å²) in [6.45, 7) is 9.69. The lowest BCUT2D eigenvalue weighted by atomic mass is 9.85. The van der Waals surface area contributed by atoms with Gasteiger partial charge in [0.1, 0.15) is 6.23 Å². The zero-order chi connectivity index (χ0) is 24.4. The van der Waals surface area contributed by atoms with Gasteiger partial charge in [-0.2, -0.15) is 13.2 Å². The molecule has 0 saturated heterocycles. The molecule has 0 aromatic heterocycles. The van der Waals surface area contributed by atoms with Crippen LogP contribution >= 0.6 is 11.6 Å². The van der Waals surface area contributed by atoms with Crippen LogP contribution in [0.1, 0.15) is 50.3 Å². The zero-order valence-corrected chi connectivity index (χ0v) is 20.4. The third kappa shape index (κ3) is 6.87. The summed E-state index contributed by atoms with van der Waals surface area (Å²) < 4.78 is 47.0. The van der Waals surface area contributed by atoms with E-state index in [0.29, 0.717) is 11.4 Å². The number of ether oxygens (including phenoxy) is 1. The van der Waals surface area contributed by atoms with Crippen molar-refractivity contribution in [3.8, 4) is 0 Å². The van der Waals surface area contributed by atoms with Gasteiger partial charge < -0.3 is 9.64 Å². The number of alkyl halides is 3. The quantitative estimate of drug-likeness (QED) is 0.420. The monoisotopic (exact) mass is 477 g/mol. The van der Waals surface area contributed by atoms with E-state index in [2.05, 4.69) is 6.07 Å². The van der Waals surface area contributed by atoms with Crippen LogP contribution in [0.4, 0.5) is 13.2 Å². The highest BCUT2D eigenvalue weighted by atomic mass is 35.5. The maximum absolute atomic E-state index is 13.6. The number of nitrogens with zero attached hydrogens (tertiary/aromatic N) is 1. The molecule has 0 fully saturated rings. The van der Waals surface area contributed by atoms with Gasteiger partial charge in [-0.05, 0) is 76.5 Å². The molecule has 0 amide bonds. The van der Waals surface area contributed by atoms with Crippen molar-refractivity contribution >= 4 is 11.6 Å². The van der Waals surface area contributed by atoms with E-state index in [9.17, 15) is 13.2 Å². The van der Waals surface area contributed by atoms with Crippen LogP contribution in [0.25, 0.3) is 0 Å². The average molecular weight is 478 g/mol. The predicted octanol–water partition coefficient (Wildman–Crippen LogP) is 7.82. The van der Waals surface area contributed by atoms with E-state index in [0.717, 1.165) is 22.8 Å². The van der Waals surface area contributed by atoms with Crippen molar-refractivity contribution in [3.63, 3.8) is 0 Å². The van der Waals surface area contributed by atoms with Crippen molar-refractivity contribution in [2.45, 2.75) is 71.0 Å². The van der Waals surface area contributed by atoms with Gasteiger partial charge in [0.25, 0.3) is 0 Å². The summed E-state index contributed by atoms with van der Waals surface area (Å²) in [5.74, 6) is -0.0747. The average Bonchev–Trinajstić information content (AvgIpc) is 2.71. The minimum atomic E-state index is -4.43. The third-order valence-corrected chi connectivity index (χ3v) is 5.97. The number of hydrogen-bond donors (Lipinski definition) is 0. The molecule has 6 heteroatoms. The van der Waals surface area contributed by atoms with Gasteiger partial charge >= 0.3 is 6.18 Å². The fourth-order valence-corrected chi connectivity index (χ4v) is 4.22. The van der Waals surface area contributed by atoms with Gasteiger partial charge in [-0.1, -0.05) is 53.6 Å². The van der Waals surface area contributed by atoms with Crippen LogP contribution in [0.2, 0.25) is 5.02 Å². The van der Waals surface area contributed by atoms with E-state index < -0.39 is 23.6 Å². The number of benzene rings is 2. The van der Waals surface area contributed by atoms with Crippen LogP contribution in [-0.4, -0.2) is 28.9 Å². The normalized spacial score (nSPS) is 18.8. The molecule has 2 aromatic rings. The van der Waals surface area contributed by atoms with Crippen LogP contribution in [0, 0.1) is 6.92 Å². The van der Waals surface area contributed by atoms with Gasteiger partial charge in [-0.3, -0.25) is 0 Å². The number of aryl methyl sites for hydroxylation is 1. The van der Waals surface area contributed by atoms with E-state index in [1.54, 1.807) is 4.90 Å². The summed E-state index contributed by atoms with van der Waals surface area (Å²) in [7, 11) is 0. The molecule has 33 heavy (non-hydrogen) atoms. The number of halogens is 4. The molecule has 0 saturated carbocycles. The van der Waals surface area contributed by atoms with Crippen molar-refractivity contribution in [2.24, 2.45) is 0 Å². The van der Waals surface area contributed by atoms with Gasteiger partial charge in [0.2, 0.25) is 0 Å². The predicted molar refractivity (Wildman–Crippen MR) is 128 cm³/mol. The molecule has 0 bridgehead atoms. The molecular weight excluding hydrogens is 447 g/mol. The first-order valence-corrected chi connectivity index (χ1v) is 11.4. The Morgan fingerprint density at radius 1 is 1.06 bits per heavy atom. The summed E-state index contributed by atoms with van der Waals surface area (Å²) in [6, 6.07) is 15.5. The molecule has 3 unspecified atom stereocenters. The van der Waals surface area contributed by atoms with Gasteiger partial charge in [0.05, 0.1) is 11.2 Å². The highest BCUT2D eigenvalue weighted by Crippen LogP contribution is 2.36. The molecule has 3 atom stereocenters. The molecule has 1 aliphatic rings. The smallest absolute Gasteiger partial charge is 0.349 e. The van der Waals surface area contributed by atoms with Crippen LogP contribution in [0.5, 0.6) is 0 Å². The lowest BCUT2D eigenvalue weighted by molar-refractivity contribution is -0.114. The van der Waals surface area contributed by atoms with Gasteiger partial charge in [0.15, 0.2) is 0 Å². The number of hydrogen-bond acceptors (Lipinski definition) is 2. The van der Waals surface area contributed by atoms with Crippen LogP contribution in [0.15, 0.2) is 72.5 Å². The molecule has 2 nitrogen and oxygen atoms in total. The van der Waals surface area contributed by atoms with Gasteiger partial charge in [-0.15, -0.1) is 0 Å². The Hall–Kier alpha value is -2.24. The van der Waals surface area contributed by atoms with E-state index in [1.807, 2.05) is 77.1 Å². The molecule has 0 aliphatic carbocycles. The largest absolute Gasteiger partial charge is 0.417 e. The minimum absolute atomic E-state index is 0.0747. The third-order valence-electron chi connectivity index (χ3n) is 5.72. The van der Waals surface area contributed by atoms with E-state index in [1.165, 1.54) is 12.3 Å². The summed E-state index contributed by atoms with van der Waals surface area (Å²) in [4.78, 5) is 1.71. The fraction of sp³-hybridized carbons (Fsp3) is 0.407. The molecule has 0 spiro atoms. The maximum atomic E-state index is 13.6. The van der Waals surface area contributed by atoms with Crippen molar-refractivity contribution in [1.29, 1.82) is 0 Å². The minimum Gasteiger partial charge on any atom is -0.349 e. The van der Waals surface area contributed by atoms with Crippen LogP contribution in [0.3, 0.4) is 0 Å². The first-order chi connectivity index (χ1) is 15.3. The molecule has 1 aliphatic heterocycles. The lowest BCUT2D eigenvalue weighted by Crippen LogP contribution is -2.46. The Bertz CT molecular complexity index is 1010. The van der Waals surface area contributed by atoms with Crippen molar-refractivity contribution < 1.29 is 17.9 Å². The Morgan fingerprint density at radius 3 is 2.30 bits per heavy atom. The van der Waals surface area contributed by atoms with Crippen molar-refractivity contribution in [3.05, 3.63) is 94.2 Å². The Labute approximate surface area is 199 Å². The Morgan fingerprint density at radius 2 is 1.73 bits per heavy atom. The number of rotatable bonds is 6. The highest BCUT2D eigenvalue weighted by molar-refractivity contribution is 6.30. The standard InChI is InChI=1S/C27H31ClF3NO/c1-18-7-6-8-21(15-18)24(16-20-9-12-23(28)13-10-20)19(2)32-17-22(27(29,30)31)11-14-25(32)33-26(3,4)5/h6-15,17,19,24-25H,16H2,1-5H3. The first kappa shape index (κ1) is 25.4. The summed E-state index contributed by atoms with van der Waals surface area (Å²) in [5, 5.41) is 0.650. The summed E-state index contributed by atoms with van der Waals surface area (Å²) in [5.41, 5.74) is 2.04. The molecular formula is C27H31ClF3NO.